The third-order valence-corrected chi connectivity index (χ3v) is 20.9. The average Bonchev–Trinajstić information content (AvgIpc) is 0.897. The molecule has 11 aromatic carbocycles. The zero-order chi connectivity index (χ0) is 63.2. The van der Waals surface area contributed by atoms with Crippen LogP contribution in [-0.4, -0.2) is 19.9 Å². The van der Waals surface area contributed by atoms with Crippen molar-refractivity contribution in [1.82, 2.24) is 19.9 Å². The van der Waals surface area contributed by atoms with Crippen molar-refractivity contribution in [3.8, 4) is 67.4 Å². The Labute approximate surface area is 555 Å². The van der Waals surface area contributed by atoms with Gasteiger partial charge in [0.1, 0.15) is 0 Å². The number of aryl methyl sites for hydroxylation is 2. The highest BCUT2D eigenvalue weighted by atomic mass is 32.1. The monoisotopic (exact) mass is 1240 g/mol. The lowest BCUT2D eigenvalue weighted by Crippen LogP contribution is -1.97. The number of benzene rings is 11. The molecule has 2 aliphatic carbocycles. The van der Waals surface area contributed by atoms with Gasteiger partial charge in [0.05, 0.1) is 31.8 Å². The lowest BCUT2D eigenvalue weighted by Gasteiger charge is -2.18. The van der Waals surface area contributed by atoms with Crippen molar-refractivity contribution in [3.63, 3.8) is 0 Å². The van der Waals surface area contributed by atoms with Gasteiger partial charge in [0, 0.05) is 42.8 Å². The average molecular weight is 1240 g/mol. The number of thiophene rings is 2. The fraction of sp³-hybridized carbons (Fsp3) is 0.0682. The first-order valence-electron chi connectivity index (χ1n) is 32.3. The molecule has 0 spiro atoms. The molecule has 0 bridgehead atoms. The summed E-state index contributed by atoms with van der Waals surface area (Å²) in [4.78, 5) is 22.1. The minimum atomic E-state index is 0.730. The number of nitrogens with zero attached hydrogens (tertiary/aromatic N) is 4. The minimum Gasteiger partial charge on any atom is -0.226 e. The molecule has 4 nitrogen and oxygen atoms in total. The van der Waals surface area contributed by atoms with Crippen LogP contribution in [0.5, 0.6) is 0 Å². The van der Waals surface area contributed by atoms with Gasteiger partial charge in [-0.05, 0) is 175 Å². The highest BCUT2D eigenvalue weighted by Gasteiger charge is 2.23. The number of fused-ring (bicyclic) bond motifs is 15. The zero-order valence-electron chi connectivity index (χ0n) is 52.4. The minimum absolute atomic E-state index is 0.730. The van der Waals surface area contributed by atoms with E-state index in [4.69, 9.17) is 19.9 Å². The van der Waals surface area contributed by atoms with E-state index in [-0.39, 0.29) is 0 Å². The zero-order valence-corrected chi connectivity index (χ0v) is 54.0. The van der Waals surface area contributed by atoms with E-state index in [0.29, 0.717) is 0 Å². The number of allylic oxidation sites excluding steroid dienone is 8. The van der Waals surface area contributed by atoms with Crippen LogP contribution in [0.3, 0.4) is 0 Å². The van der Waals surface area contributed by atoms with E-state index in [2.05, 4.69) is 263 Å². The van der Waals surface area contributed by atoms with E-state index in [1.54, 1.807) is 11.3 Å². The Kier molecular flexibility index (Phi) is 15.4. The summed E-state index contributed by atoms with van der Waals surface area (Å²) >= 11 is 3.59. The van der Waals surface area contributed by atoms with E-state index in [0.717, 1.165) is 108 Å². The molecule has 4 heterocycles. The molecule has 0 radical (unpaired) electrons. The van der Waals surface area contributed by atoms with Gasteiger partial charge in [-0.3, -0.25) is 0 Å². The van der Waals surface area contributed by atoms with Crippen LogP contribution in [0.1, 0.15) is 65.1 Å². The molecule has 0 saturated carbocycles. The van der Waals surface area contributed by atoms with Gasteiger partial charge in [0.2, 0.25) is 0 Å². The highest BCUT2D eigenvalue weighted by Crippen LogP contribution is 2.45. The quantitative estimate of drug-likeness (QED) is 0.0957. The largest absolute Gasteiger partial charge is 0.226 e. The van der Waals surface area contributed by atoms with Crippen molar-refractivity contribution in [2.75, 3.05) is 0 Å². The number of hydrogen-bond donors (Lipinski definition) is 0. The molecular weight excluding hydrogens is 1180 g/mol. The fourth-order valence-corrected chi connectivity index (χ4v) is 16.5. The molecule has 4 aromatic heterocycles. The summed E-state index contributed by atoms with van der Waals surface area (Å²) in [5.74, 6) is 1.48. The van der Waals surface area contributed by atoms with Crippen molar-refractivity contribution in [2.45, 2.75) is 39.5 Å². The summed E-state index contributed by atoms with van der Waals surface area (Å²) in [5, 5.41) is 11.5. The Morgan fingerprint density at radius 1 is 0.415 bits per heavy atom. The Bertz CT molecular complexity index is 5750. The first-order valence-corrected chi connectivity index (χ1v) is 34.0. The van der Waals surface area contributed by atoms with Crippen molar-refractivity contribution in [1.29, 1.82) is 0 Å². The normalized spacial score (nSPS) is 13.0. The van der Waals surface area contributed by atoms with E-state index >= 15 is 0 Å². The van der Waals surface area contributed by atoms with E-state index in [1.165, 1.54) is 103 Å². The van der Waals surface area contributed by atoms with E-state index < -0.39 is 0 Å². The van der Waals surface area contributed by atoms with Gasteiger partial charge in [-0.15, -0.1) is 22.7 Å². The molecule has 2 aliphatic rings. The van der Waals surface area contributed by atoms with Gasteiger partial charge in [-0.25, -0.2) is 19.9 Å². The Morgan fingerprint density at radius 3 is 1.70 bits per heavy atom. The predicted octanol–water partition coefficient (Wildman–Crippen LogP) is 24.9. The second-order valence-electron chi connectivity index (χ2n) is 24.1. The molecule has 0 atom stereocenters. The Morgan fingerprint density at radius 2 is 0.979 bits per heavy atom. The maximum Gasteiger partial charge on any atom is 0.160 e. The van der Waals surface area contributed by atoms with Crippen LogP contribution in [0.2, 0.25) is 0 Å². The summed E-state index contributed by atoms with van der Waals surface area (Å²) in [6.45, 7) is 12.3. The van der Waals surface area contributed by atoms with Crippen LogP contribution in [0.4, 0.5) is 0 Å². The SMILES string of the molecule is C1=Cc2c(c3ccccc3c3cc(-c4cccc(-c5cccc(-c6nc(-c7ccccc7)nc7c6sc6ccccc67)c5)c4)ccc23)CC1.C=C/C=C(\C=C/C)c1nc(-c2cccc(-c3ccc4c(c3)c(/C=C\C)c(C=C)c3ccccc34)c2)nc2c3c(sc12)CCC=C3. The van der Waals surface area contributed by atoms with Gasteiger partial charge < -0.3 is 0 Å². The van der Waals surface area contributed by atoms with E-state index in [1.807, 2.05) is 54.7 Å². The first-order chi connectivity index (χ1) is 46.4. The third kappa shape index (κ3) is 10.4. The smallest absolute Gasteiger partial charge is 0.160 e. The van der Waals surface area contributed by atoms with Gasteiger partial charge in [-0.1, -0.05) is 256 Å². The molecule has 6 heteroatoms. The first kappa shape index (κ1) is 58.1. The summed E-state index contributed by atoms with van der Waals surface area (Å²) in [7, 11) is 0. The summed E-state index contributed by atoms with van der Waals surface area (Å²) < 4.78 is 3.47. The van der Waals surface area contributed by atoms with Gasteiger partial charge in [-0.2, -0.15) is 0 Å². The van der Waals surface area contributed by atoms with Crippen molar-refractivity contribution >= 4 is 126 Å². The molecule has 17 rings (SSSR count). The standard InChI is InChI=1S/C46H30N2S.C42H34N2S/c1-2-12-29(13-3-1)46-47-43(45-44(48-46)40-22-8-9-23-42(40)49-45)34-17-11-16-32(27-34)30-14-10-15-31(26-30)33-24-25-39-37-20-5-4-18-35(37)36-19-6-7-21-38(36)41(39)28-33;1-5-14-27(15-6-2)39-41-40(36-21-11-12-22-38(36)45-41)44-42(43-39)30-18-13-17-28(25-30)29-23-24-35-34-20-10-9-19-33(34)31(8-4)32(16-7-3)37(35)26-29/h1-3,5-17,19-28H,4,18H2;5-11,13-21,23-26H,1,4,12,22H2,2-3H3/b;15-6-,16-7-,27-14+. The molecule has 94 heavy (non-hydrogen) atoms. The molecule has 15 aromatic rings. The molecule has 0 saturated heterocycles. The molecule has 0 unspecified atom stereocenters. The molecule has 448 valence electrons. The maximum atomic E-state index is 5.22. The summed E-state index contributed by atoms with van der Waals surface area (Å²) in [6, 6.07) is 76.5. The van der Waals surface area contributed by atoms with Gasteiger partial charge in [0.25, 0.3) is 0 Å². The van der Waals surface area contributed by atoms with Crippen molar-refractivity contribution in [3.05, 3.63) is 306 Å². The van der Waals surface area contributed by atoms with Crippen LogP contribution >= 0.6 is 22.7 Å². The lowest BCUT2D eigenvalue weighted by atomic mass is 9.85. The molecule has 0 amide bonds. The number of hydrogen-bond acceptors (Lipinski definition) is 6. The van der Waals surface area contributed by atoms with Crippen molar-refractivity contribution < 1.29 is 0 Å². The van der Waals surface area contributed by atoms with Crippen molar-refractivity contribution in [2.24, 2.45) is 0 Å². The predicted molar refractivity (Wildman–Crippen MR) is 407 cm³/mol. The fourth-order valence-electron chi connectivity index (χ4n) is 14.1. The van der Waals surface area contributed by atoms with Crippen LogP contribution in [0.15, 0.2) is 268 Å². The number of rotatable bonds is 11. The van der Waals surface area contributed by atoms with Gasteiger partial charge in [0.15, 0.2) is 11.6 Å². The number of aromatic nitrogens is 4. The van der Waals surface area contributed by atoms with Gasteiger partial charge >= 0.3 is 0 Å². The van der Waals surface area contributed by atoms with Crippen LogP contribution in [-0.2, 0) is 12.8 Å². The molecule has 0 fully saturated rings. The maximum absolute atomic E-state index is 5.22. The summed E-state index contributed by atoms with van der Waals surface area (Å²) in [5.41, 5.74) is 21.6. The topological polar surface area (TPSA) is 51.6 Å². The van der Waals surface area contributed by atoms with Crippen LogP contribution < -0.4 is 0 Å². The second kappa shape index (κ2) is 24.9. The Hall–Kier alpha value is -11.0. The van der Waals surface area contributed by atoms with E-state index in [9.17, 15) is 0 Å². The Balaban J connectivity index is 0.000000149. The highest BCUT2D eigenvalue weighted by molar-refractivity contribution is 7.26. The lowest BCUT2D eigenvalue weighted by molar-refractivity contribution is 1.00. The third-order valence-electron chi connectivity index (χ3n) is 18.4. The molecule has 0 aliphatic heterocycles. The molecular formula is C88H64N4S2. The van der Waals surface area contributed by atoms with Crippen LogP contribution in [0, 0.1) is 0 Å². The summed E-state index contributed by atoms with van der Waals surface area (Å²) in [6.07, 6.45) is 27.8. The van der Waals surface area contributed by atoms with Crippen LogP contribution in [0.25, 0.3) is 171 Å². The second-order valence-corrected chi connectivity index (χ2v) is 26.2. The molecule has 0 N–H and O–H groups in total.